The predicted molar refractivity (Wildman–Crippen MR) is 65.2 cm³/mol. The van der Waals surface area contributed by atoms with Crippen molar-refractivity contribution in [3.8, 4) is 0 Å². The van der Waals surface area contributed by atoms with Gasteiger partial charge in [-0.3, -0.25) is 0 Å². The Kier molecular flexibility index (Phi) is 6.23. The molecule has 0 saturated heterocycles. The fourth-order valence-corrected chi connectivity index (χ4v) is 2.77. The van der Waals surface area contributed by atoms with Crippen LogP contribution in [0.2, 0.25) is 0 Å². The summed E-state index contributed by atoms with van der Waals surface area (Å²) in [5, 5.41) is 5.45. The Hall–Kier alpha value is -0.0600. The molecule has 1 heterocycles. The average Bonchev–Trinajstić information content (AvgIpc) is 2.63. The topological polar surface area (TPSA) is 24.9 Å². The van der Waals surface area contributed by atoms with E-state index in [1.54, 1.807) is 11.3 Å². The number of thioether (sulfide) groups is 1. The van der Waals surface area contributed by atoms with Crippen LogP contribution in [-0.4, -0.2) is 23.3 Å². The summed E-state index contributed by atoms with van der Waals surface area (Å²) >= 11 is 3.59. The van der Waals surface area contributed by atoms with Crippen molar-refractivity contribution in [1.82, 2.24) is 10.3 Å². The number of nitrogens with one attached hydrogen (secondary N) is 1. The number of aromatic nitrogens is 1. The second-order valence-corrected chi connectivity index (χ2v) is 5.70. The summed E-state index contributed by atoms with van der Waals surface area (Å²) in [6.45, 7) is 5.50. The van der Waals surface area contributed by atoms with Gasteiger partial charge in [-0.15, -0.1) is 11.3 Å². The van der Waals surface area contributed by atoms with Crippen molar-refractivity contribution in [2.24, 2.45) is 0 Å². The third kappa shape index (κ3) is 5.62. The zero-order valence-corrected chi connectivity index (χ0v) is 10.5. The van der Waals surface area contributed by atoms with E-state index in [1.165, 1.54) is 22.9 Å². The molecule has 0 saturated carbocycles. The van der Waals surface area contributed by atoms with Gasteiger partial charge in [0, 0.05) is 23.4 Å². The smallest absolute Gasteiger partial charge is 0.149 e. The normalized spacial score (nSPS) is 11.1. The first-order chi connectivity index (χ1) is 6.79. The van der Waals surface area contributed by atoms with Crippen LogP contribution in [0.5, 0.6) is 0 Å². The van der Waals surface area contributed by atoms with Gasteiger partial charge in [-0.2, -0.15) is 0 Å². The molecular weight excluding hydrogens is 212 g/mol. The maximum Gasteiger partial charge on any atom is 0.149 e. The highest BCUT2D eigenvalue weighted by atomic mass is 32.2. The summed E-state index contributed by atoms with van der Waals surface area (Å²) in [7, 11) is 0. The van der Waals surface area contributed by atoms with E-state index in [4.69, 9.17) is 0 Å². The van der Waals surface area contributed by atoms with E-state index >= 15 is 0 Å². The number of unbranched alkanes of at least 4 members (excludes halogenated alkanes) is 1. The number of rotatable bonds is 7. The highest BCUT2D eigenvalue weighted by molar-refractivity contribution is 8.00. The van der Waals surface area contributed by atoms with Gasteiger partial charge < -0.3 is 5.32 Å². The Bertz CT molecular complexity index is 222. The SMILES string of the molecule is CC(C)NCCCCSc1nccs1. The lowest BCUT2D eigenvalue weighted by atomic mass is 10.3. The summed E-state index contributed by atoms with van der Waals surface area (Å²) in [6, 6.07) is 0.613. The van der Waals surface area contributed by atoms with Crippen LogP contribution >= 0.6 is 23.1 Å². The summed E-state index contributed by atoms with van der Waals surface area (Å²) in [6.07, 6.45) is 4.40. The molecular formula is C10H18N2S2. The lowest BCUT2D eigenvalue weighted by Crippen LogP contribution is -2.23. The molecule has 0 aromatic carbocycles. The molecule has 14 heavy (non-hydrogen) atoms. The van der Waals surface area contributed by atoms with Gasteiger partial charge in [0.05, 0.1) is 0 Å². The van der Waals surface area contributed by atoms with E-state index < -0.39 is 0 Å². The minimum absolute atomic E-state index is 0.613. The summed E-state index contributed by atoms with van der Waals surface area (Å²) in [4.78, 5) is 4.23. The van der Waals surface area contributed by atoms with Gasteiger partial charge in [0.25, 0.3) is 0 Å². The molecule has 0 amide bonds. The lowest BCUT2D eigenvalue weighted by Gasteiger charge is -2.06. The van der Waals surface area contributed by atoms with Crippen LogP contribution in [0, 0.1) is 0 Å². The molecule has 0 spiro atoms. The molecule has 1 aromatic rings. The standard InChI is InChI=1S/C10H18N2S2/c1-9(2)11-5-3-4-7-13-10-12-6-8-14-10/h6,8-9,11H,3-5,7H2,1-2H3. The van der Waals surface area contributed by atoms with E-state index in [0.717, 1.165) is 6.54 Å². The highest BCUT2D eigenvalue weighted by Crippen LogP contribution is 2.20. The Morgan fingerprint density at radius 2 is 2.36 bits per heavy atom. The second kappa shape index (κ2) is 7.26. The van der Waals surface area contributed by atoms with Gasteiger partial charge in [0.2, 0.25) is 0 Å². The van der Waals surface area contributed by atoms with Crippen LogP contribution in [0.25, 0.3) is 0 Å². The summed E-state index contributed by atoms with van der Waals surface area (Å²) in [5.41, 5.74) is 0. The number of thiazole rings is 1. The zero-order chi connectivity index (χ0) is 10.2. The molecule has 0 aliphatic carbocycles. The van der Waals surface area contributed by atoms with E-state index in [0.29, 0.717) is 6.04 Å². The first-order valence-electron chi connectivity index (χ1n) is 5.04. The predicted octanol–water partition coefficient (Wildman–Crippen LogP) is 3.01. The third-order valence-corrected chi connectivity index (χ3v) is 3.81. The van der Waals surface area contributed by atoms with Crippen LogP contribution in [0.15, 0.2) is 15.9 Å². The van der Waals surface area contributed by atoms with E-state index in [2.05, 4.69) is 24.1 Å². The summed E-state index contributed by atoms with van der Waals surface area (Å²) in [5.74, 6) is 1.19. The maximum absolute atomic E-state index is 4.23. The third-order valence-electron chi connectivity index (χ3n) is 1.76. The molecule has 0 radical (unpaired) electrons. The van der Waals surface area contributed by atoms with Gasteiger partial charge in [0.15, 0.2) is 0 Å². The molecule has 0 bridgehead atoms. The zero-order valence-electron chi connectivity index (χ0n) is 8.82. The molecule has 1 aromatic heterocycles. The fraction of sp³-hybridized carbons (Fsp3) is 0.700. The molecule has 80 valence electrons. The van der Waals surface area contributed by atoms with Crippen molar-refractivity contribution < 1.29 is 0 Å². The molecule has 2 nitrogen and oxygen atoms in total. The van der Waals surface area contributed by atoms with Crippen LogP contribution < -0.4 is 5.32 Å². The highest BCUT2D eigenvalue weighted by Gasteiger charge is 1.96. The first kappa shape index (κ1) is 12.0. The number of hydrogen-bond acceptors (Lipinski definition) is 4. The Labute approximate surface area is 94.5 Å². The Morgan fingerprint density at radius 3 is 3.00 bits per heavy atom. The molecule has 0 unspecified atom stereocenters. The molecule has 0 aliphatic rings. The maximum atomic E-state index is 4.23. The van der Waals surface area contributed by atoms with Crippen LogP contribution in [0.1, 0.15) is 26.7 Å². The van der Waals surface area contributed by atoms with Gasteiger partial charge >= 0.3 is 0 Å². The van der Waals surface area contributed by atoms with E-state index in [9.17, 15) is 0 Å². The van der Waals surface area contributed by atoms with Gasteiger partial charge in [-0.05, 0) is 19.4 Å². The van der Waals surface area contributed by atoms with Crippen LogP contribution in [0.3, 0.4) is 0 Å². The van der Waals surface area contributed by atoms with Crippen molar-refractivity contribution in [1.29, 1.82) is 0 Å². The average molecular weight is 230 g/mol. The lowest BCUT2D eigenvalue weighted by molar-refractivity contribution is 0.567. The molecule has 0 fully saturated rings. The Balaban J connectivity index is 1.90. The van der Waals surface area contributed by atoms with Crippen molar-refractivity contribution in [3.63, 3.8) is 0 Å². The molecule has 1 N–H and O–H groups in total. The van der Waals surface area contributed by atoms with E-state index in [1.807, 2.05) is 23.3 Å². The molecule has 4 heteroatoms. The second-order valence-electron chi connectivity index (χ2n) is 3.46. The number of hydrogen-bond donors (Lipinski definition) is 1. The van der Waals surface area contributed by atoms with Crippen LogP contribution in [-0.2, 0) is 0 Å². The fourth-order valence-electron chi connectivity index (χ4n) is 1.06. The van der Waals surface area contributed by atoms with E-state index in [-0.39, 0.29) is 0 Å². The Morgan fingerprint density at radius 1 is 1.50 bits per heavy atom. The first-order valence-corrected chi connectivity index (χ1v) is 6.91. The largest absolute Gasteiger partial charge is 0.315 e. The van der Waals surface area contributed by atoms with Crippen molar-refractivity contribution >= 4 is 23.1 Å². The molecule has 1 rings (SSSR count). The monoisotopic (exact) mass is 230 g/mol. The summed E-state index contributed by atoms with van der Waals surface area (Å²) < 4.78 is 1.20. The quantitative estimate of drug-likeness (QED) is 0.576. The van der Waals surface area contributed by atoms with Gasteiger partial charge in [0.1, 0.15) is 4.34 Å². The molecule has 0 atom stereocenters. The van der Waals surface area contributed by atoms with Gasteiger partial charge in [-0.25, -0.2) is 4.98 Å². The number of nitrogens with zero attached hydrogens (tertiary/aromatic N) is 1. The van der Waals surface area contributed by atoms with Crippen molar-refractivity contribution in [2.45, 2.75) is 37.1 Å². The van der Waals surface area contributed by atoms with Gasteiger partial charge in [-0.1, -0.05) is 25.6 Å². The van der Waals surface area contributed by atoms with Crippen molar-refractivity contribution in [2.75, 3.05) is 12.3 Å². The van der Waals surface area contributed by atoms with Crippen LogP contribution in [0.4, 0.5) is 0 Å². The molecule has 0 aliphatic heterocycles. The minimum atomic E-state index is 0.613. The minimum Gasteiger partial charge on any atom is -0.315 e. The van der Waals surface area contributed by atoms with Crippen molar-refractivity contribution in [3.05, 3.63) is 11.6 Å².